The molecular weight excluding hydrogens is 539 g/mol. The van der Waals surface area contributed by atoms with Gasteiger partial charge in [0.25, 0.3) is 5.89 Å². The number of thiazole rings is 1. The molecule has 0 radical (unpaired) electrons. The van der Waals surface area contributed by atoms with Gasteiger partial charge in [-0.1, -0.05) is 69.3 Å². The summed E-state index contributed by atoms with van der Waals surface area (Å²) in [6.07, 6.45) is 5.00. The van der Waals surface area contributed by atoms with Gasteiger partial charge in [0.1, 0.15) is 4.90 Å². The SMILES string of the molecule is CC(C)(C)Cc1nnc(-c2nc(CC3CCC3)c(-c3ccc(S(=O)(=O)NC(C)(C)C)c(Cl)c3Cl)s2)o1. The first kappa shape index (κ1) is 27.5. The minimum Gasteiger partial charge on any atom is -0.419 e. The fourth-order valence-corrected chi connectivity index (χ4v) is 7.39. The zero-order valence-electron chi connectivity index (χ0n) is 21.4. The molecule has 2 heterocycles. The van der Waals surface area contributed by atoms with Gasteiger partial charge in [0.05, 0.1) is 20.6 Å². The van der Waals surface area contributed by atoms with E-state index < -0.39 is 15.6 Å². The molecule has 11 heteroatoms. The van der Waals surface area contributed by atoms with Crippen LogP contribution in [-0.2, 0) is 22.9 Å². The van der Waals surface area contributed by atoms with Crippen molar-refractivity contribution < 1.29 is 12.8 Å². The number of sulfonamides is 1. The van der Waals surface area contributed by atoms with Crippen molar-refractivity contribution in [3.63, 3.8) is 0 Å². The molecule has 0 spiro atoms. The topological polar surface area (TPSA) is 98.0 Å². The van der Waals surface area contributed by atoms with Crippen molar-refractivity contribution in [2.45, 2.75) is 84.1 Å². The number of nitrogens with zero attached hydrogens (tertiary/aromatic N) is 3. The van der Waals surface area contributed by atoms with Crippen LogP contribution < -0.4 is 4.72 Å². The van der Waals surface area contributed by atoms with Gasteiger partial charge in [-0.25, -0.2) is 18.1 Å². The highest BCUT2D eigenvalue weighted by Gasteiger charge is 2.29. The predicted octanol–water partition coefficient (Wildman–Crippen LogP) is 7.17. The number of nitrogens with one attached hydrogen (secondary N) is 1. The van der Waals surface area contributed by atoms with E-state index >= 15 is 0 Å². The van der Waals surface area contributed by atoms with E-state index in [2.05, 4.69) is 35.7 Å². The molecule has 1 aliphatic carbocycles. The number of halogens is 2. The second kappa shape index (κ2) is 9.98. The van der Waals surface area contributed by atoms with E-state index in [-0.39, 0.29) is 20.4 Å². The maximum Gasteiger partial charge on any atom is 0.276 e. The summed E-state index contributed by atoms with van der Waals surface area (Å²) < 4.78 is 34.4. The summed E-state index contributed by atoms with van der Waals surface area (Å²) >= 11 is 14.6. The quantitative estimate of drug-likeness (QED) is 0.323. The van der Waals surface area contributed by atoms with Crippen LogP contribution in [-0.4, -0.2) is 29.1 Å². The summed E-state index contributed by atoms with van der Waals surface area (Å²) in [6, 6.07) is 3.20. The average Bonchev–Trinajstić information content (AvgIpc) is 3.30. The van der Waals surface area contributed by atoms with Crippen molar-refractivity contribution in [1.29, 1.82) is 0 Å². The number of hydrogen-bond acceptors (Lipinski definition) is 7. The van der Waals surface area contributed by atoms with E-state index in [0.717, 1.165) is 29.8 Å². The number of hydrogen-bond donors (Lipinski definition) is 1. The Morgan fingerprint density at radius 2 is 1.78 bits per heavy atom. The van der Waals surface area contributed by atoms with Crippen LogP contribution in [0.25, 0.3) is 21.3 Å². The molecule has 7 nitrogen and oxygen atoms in total. The third kappa shape index (κ3) is 6.30. The molecule has 3 aromatic rings. The molecule has 0 amide bonds. The van der Waals surface area contributed by atoms with Crippen LogP contribution in [0.3, 0.4) is 0 Å². The van der Waals surface area contributed by atoms with E-state index in [4.69, 9.17) is 32.6 Å². The summed E-state index contributed by atoms with van der Waals surface area (Å²) in [7, 11) is -3.86. The van der Waals surface area contributed by atoms with Crippen molar-refractivity contribution in [1.82, 2.24) is 19.9 Å². The van der Waals surface area contributed by atoms with Crippen molar-refractivity contribution in [3.05, 3.63) is 33.8 Å². The van der Waals surface area contributed by atoms with E-state index in [0.29, 0.717) is 34.7 Å². The summed E-state index contributed by atoms with van der Waals surface area (Å²) in [5.41, 5.74) is 0.883. The van der Waals surface area contributed by atoms with Gasteiger partial charge < -0.3 is 4.42 Å². The van der Waals surface area contributed by atoms with Crippen LogP contribution in [0.2, 0.25) is 10.0 Å². The molecule has 1 saturated carbocycles. The molecule has 196 valence electrons. The number of rotatable bonds is 7. The molecule has 0 aliphatic heterocycles. The summed E-state index contributed by atoms with van der Waals surface area (Å²) in [5.74, 6) is 1.50. The lowest BCUT2D eigenvalue weighted by molar-refractivity contribution is 0.312. The lowest BCUT2D eigenvalue weighted by Gasteiger charge is -2.25. The highest BCUT2D eigenvalue weighted by atomic mass is 35.5. The smallest absolute Gasteiger partial charge is 0.276 e. The second-order valence-electron chi connectivity index (χ2n) is 11.6. The molecule has 1 aliphatic rings. The molecular formula is C25H32Cl2N4O3S2. The maximum absolute atomic E-state index is 12.9. The van der Waals surface area contributed by atoms with E-state index in [1.807, 2.05) is 0 Å². The highest BCUT2D eigenvalue weighted by Crippen LogP contribution is 2.44. The van der Waals surface area contributed by atoms with Gasteiger partial charge in [-0.15, -0.1) is 21.5 Å². The zero-order chi connectivity index (χ0) is 26.5. The van der Waals surface area contributed by atoms with Crippen molar-refractivity contribution >= 4 is 44.6 Å². The van der Waals surface area contributed by atoms with E-state index in [9.17, 15) is 8.42 Å². The number of benzene rings is 1. The van der Waals surface area contributed by atoms with Crippen LogP contribution in [0.5, 0.6) is 0 Å². The molecule has 0 bridgehead atoms. The molecule has 4 rings (SSSR count). The first-order valence-corrected chi connectivity index (χ1v) is 15.0. The summed E-state index contributed by atoms with van der Waals surface area (Å²) in [5, 5.41) is 9.22. The monoisotopic (exact) mass is 570 g/mol. The van der Waals surface area contributed by atoms with Gasteiger partial charge in [-0.05, 0) is 44.6 Å². The van der Waals surface area contributed by atoms with Gasteiger partial charge in [0, 0.05) is 17.5 Å². The highest BCUT2D eigenvalue weighted by molar-refractivity contribution is 7.89. The van der Waals surface area contributed by atoms with Gasteiger partial charge in [-0.3, -0.25) is 0 Å². The lowest BCUT2D eigenvalue weighted by Crippen LogP contribution is -2.40. The third-order valence-corrected chi connectivity index (χ3v) is 9.67. The van der Waals surface area contributed by atoms with Crippen LogP contribution in [0.15, 0.2) is 21.4 Å². The molecule has 1 aromatic carbocycles. The Bertz CT molecular complexity index is 1360. The molecule has 1 N–H and O–H groups in total. The fraction of sp³-hybridized carbons (Fsp3) is 0.560. The third-order valence-electron chi connectivity index (χ3n) is 5.76. The van der Waals surface area contributed by atoms with Gasteiger partial charge in [0.2, 0.25) is 15.9 Å². The fourth-order valence-electron chi connectivity index (χ4n) is 4.00. The Morgan fingerprint density at radius 1 is 1.08 bits per heavy atom. The summed E-state index contributed by atoms with van der Waals surface area (Å²) in [4.78, 5) is 5.65. The minimum atomic E-state index is -3.86. The standard InChI is InChI=1S/C25H32Cl2N4O3S2/c1-24(2,3)13-18-29-30-22(34-18)23-28-16(12-14-8-7-9-14)21(35-23)15-10-11-17(20(27)19(15)26)36(32,33)31-25(4,5)6/h10-11,14,31H,7-9,12-13H2,1-6H3. The average molecular weight is 572 g/mol. The molecule has 2 aromatic heterocycles. The molecule has 36 heavy (non-hydrogen) atoms. The van der Waals surface area contributed by atoms with Crippen molar-refractivity contribution in [2.75, 3.05) is 0 Å². The zero-order valence-corrected chi connectivity index (χ0v) is 24.6. The maximum atomic E-state index is 12.9. The van der Waals surface area contributed by atoms with Crippen LogP contribution in [0.4, 0.5) is 0 Å². The van der Waals surface area contributed by atoms with Gasteiger partial charge in [-0.2, -0.15) is 0 Å². The van der Waals surface area contributed by atoms with Crippen LogP contribution in [0.1, 0.15) is 72.4 Å². The van der Waals surface area contributed by atoms with E-state index in [1.165, 1.54) is 23.8 Å². The Kier molecular flexibility index (Phi) is 7.63. The molecule has 0 unspecified atom stereocenters. The summed E-state index contributed by atoms with van der Waals surface area (Å²) in [6.45, 7) is 11.6. The second-order valence-corrected chi connectivity index (χ2v) is 15.0. The van der Waals surface area contributed by atoms with Gasteiger partial charge >= 0.3 is 0 Å². The first-order valence-electron chi connectivity index (χ1n) is 12.0. The van der Waals surface area contributed by atoms with Crippen molar-refractivity contribution in [2.24, 2.45) is 11.3 Å². The Labute approximate surface area is 227 Å². The Hall–Kier alpha value is -1.52. The molecule has 0 atom stereocenters. The molecule has 0 saturated heterocycles. The predicted molar refractivity (Wildman–Crippen MR) is 145 cm³/mol. The van der Waals surface area contributed by atoms with Crippen molar-refractivity contribution in [3.8, 4) is 21.3 Å². The first-order chi connectivity index (χ1) is 16.6. The minimum absolute atomic E-state index is 0.0132. The Balaban J connectivity index is 1.75. The Morgan fingerprint density at radius 3 is 2.36 bits per heavy atom. The van der Waals surface area contributed by atoms with Crippen LogP contribution in [0, 0.1) is 11.3 Å². The molecule has 1 fully saturated rings. The normalized spacial score (nSPS) is 15.3. The van der Waals surface area contributed by atoms with Crippen LogP contribution >= 0.6 is 34.5 Å². The lowest BCUT2D eigenvalue weighted by atomic mass is 9.82. The number of aromatic nitrogens is 3. The largest absolute Gasteiger partial charge is 0.419 e. The van der Waals surface area contributed by atoms with E-state index in [1.54, 1.807) is 26.8 Å². The van der Waals surface area contributed by atoms with Gasteiger partial charge in [0.15, 0.2) is 5.01 Å².